The monoisotopic (exact) mass is 724 g/mol. The fourth-order valence-electron chi connectivity index (χ4n) is 6.05. The van der Waals surface area contributed by atoms with Gasteiger partial charge in [0.1, 0.15) is 0 Å². The van der Waals surface area contributed by atoms with Crippen LogP contribution in [0, 0.1) is 0 Å². The first kappa shape index (κ1) is 41.6. The van der Waals surface area contributed by atoms with Crippen LogP contribution < -0.4 is 10.6 Å². The van der Waals surface area contributed by atoms with Crippen LogP contribution in [0.25, 0.3) is 0 Å². The second-order valence-electron chi connectivity index (χ2n) is 16.4. The summed E-state index contributed by atoms with van der Waals surface area (Å²) in [5.74, 6) is 0. The summed E-state index contributed by atoms with van der Waals surface area (Å²) in [7, 11) is 6.20. The van der Waals surface area contributed by atoms with Gasteiger partial charge in [-0.3, -0.25) is 0 Å². The summed E-state index contributed by atoms with van der Waals surface area (Å²) in [4.78, 5) is 6.50. The molecule has 0 fully saturated rings. The molecule has 2 aromatic carbocycles. The van der Waals surface area contributed by atoms with Crippen LogP contribution in [0.2, 0.25) is 78.6 Å². The van der Waals surface area contributed by atoms with Gasteiger partial charge in [-0.15, -0.1) is 0 Å². The van der Waals surface area contributed by atoms with Gasteiger partial charge in [0.25, 0.3) is 0 Å². The fraction of sp³-hybridized carbons (Fsp3) is 0.625. The Kier molecular flexibility index (Phi) is 17.6. The maximum atomic E-state index is 2.55. The van der Waals surface area contributed by atoms with Crippen molar-refractivity contribution in [1.29, 1.82) is 0 Å². The first-order valence-corrected chi connectivity index (χ1v) is 31.5. The summed E-state index contributed by atoms with van der Waals surface area (Å²) in [5, 5.41) is 3.21. The van der Waals surface area contributed by atoms with E-state index in [1.165, 1.54) is 11.1 Å². The maximum Gasteiger partial charge on any atom is 0.0492 e. The Labute approximate surface area is 275 Å². The zero-order chi connectivity index (χ0) is 31.1. The summed E-state index contributed by atoms with van der Waals surface area (Å²) < 4.78 is 0. The summed E-state index contributed by atoms with van der Waals surface area (Å²) >= 11 is 0. The topological polar surface area (TPSA) is 6.48 Å². The predicted molar refractivity (Wildman–Crippen MR) is 210 cm³/mol. The van der Waals surface area contributed by atoms with Gasteiger partial charge in [-0.2, -0.15) is 0 Å². The van der Waals surface area contributed by atoms with E-state index in [0.717, 1.165) is 40.1 Å². The van der Waals surface area contributed by atoms with Gasteiger partial charge in [0.05, 0.1) is 0 Å². The van der Waals surface area contributed by atoms with Crippen molar-refractivity contribution in [2.75, 3.05) is 28.2 Å². The van der Waals surface area contributed by atoms with Crippen LogP contribution in [0.5, 0.6) is 0 Å². The van der Waals surface area contributed by atoms with Gasteiger partial charge in [-0.05, 0) is 59.7 Å². The fourth-order valence-corrected chi connectivity index (χ4v) is 37.3. The van der Waals surface area contributed by atoms with Gasteiger partial charge >= 0.3 is 0 Å². The standard InChI is InChI=1S/2C16H32NPSi2.Ge/c2*1-17(2)13-14-11-9-10-12-15(14)18-16(19(3,4)5)20(6,7)8;/h2*9-12,16,18H,13H2,1-8H3;. The Hall–Kier alpha value is 0.630. The summed E-state index contributed by atoms with van der Waals surface area (Å²) in [5.41, 5.74) is 3.05. The molecule has 2 nitrogen and oxygen atoms in total. The van der Waals surface area contributed by atoms with Crippen molar-refractivity contribution in [1.82, 2.24) is 9.80 Å². The van der Waals surface area contributed by atoms with E-state index in [2.05, 4.69) is 165 Å². The van der Waals surface area contributed by atoms with Crippen molar-refractivity contribution >= 4 is 77.7 Å². The summed E-state index contributed by atoms with van der Waals surface area (Å²) in [6.45, 7) is 32.8. The smallest absolute Gasteiger partial charge is 0.0492 e. The molecule has 0 N–H and O–H groups in total. The van der Waals surface area contributed by atoms with Crippen LogP contribution in [-0.2, 0) is 13.1 Å². The van der Waals surface area contributed by atoms with E-state index >= 15 is 0 Å². The van der Waals surface area contributed by atoms with Crippen LogP contribution >= 0.6 is 17.2 Å². The molecule has 41 heavy (non-hydrogen) atoms. The molecule has 0 bridgehead atoms. The van der Waals surface area contributed by atoms with Crippen molar-refractivity contribution in [3.05, 3.63) is 59.7 Å². The second kappa shape index (κ2) is 17.4. The van der Waals surface area contributed by atoms with Crippen molar-refractivity contribution in [2.45, 2.75) is 101 Å². The number of nitrogens with zero attached hydrogens (tertiary/aromatic N) is 2. The zero-order valence-corrected chi connectivity index (χ0v) is 37.7. The Bertz CT molecular complexity index is 928. The number of rotatable bonds is 12. The molecule has 0 aliphatic rings. The molecule has 0 amide bonds. The van der Waals surface area contributed by atoms with Gasteiger partial charge in [-0.1, -0.05) is 144 Å². The van der Waals surface area contributed by atoms with E-state index in [1.807, 2.05) is 0 Å². The molecule has 0 saturated heterocycles. The van der Waals surface area contributed by atoms with Crippen molar-refractivity contribution in [3.63, 3.8) is 0 Å². The van der Waals surface area contributed by atoms with E-state index in [4.69, 9.17) is 0 Å². The van der Waals surface area contributed by atoms with Crippen LogP contribution in [0.1, 0.15) is 11.1 Å². The molecule has 0 aliphatic carbocycles. The molecule has 2 aromatic rings. The third-order valence-electron chi connectivity index (χ3n) is 7.07. The van der Waals surface area contributed by atoms with E-state index in [1.54, 1.807) is 10.6 Å². The molecule has 9 heteroatoms. The molecule has 0 saturated carbocycles. The van der Waals surface area contributed by atoms with Crippen LogP contribution in [0.3, 0.4) is 0 Å². The average molecular weight is 724 g/mol. The van der Waals surface area contributed by atoms with Gasteiger partial charge in [-0.25, -0.2) is 0 Å². The van der Waals surface area contributed by atoms with Crippen LogP contribution in [0.4, 0.5) is 0 Å². The van der Waals surface area contributed by atoms with Crippen molar-refractivity contribution in [2.24, 2.45) is 0 Å². The molecule has 0 aromatic heterocycles. The largest absolute Gasteiger partial charge is 0.305 e. The minimum atomic E-state index is -1.11. The van der Waals surface area contributed by atoms with Crippen LogP contribution in [-0.4, -0.2) is 97.7 Å². The SMILES string of the molecule is CN(C)Cc1ccccc1PC([Si](C)(C)C)[Si](C)(C)C.CN(C)Cc1ccccc1PC([Si](C)(C)C)[Si](C)(C)C.[Ge]. The maximum absolute atomic E-state index is 2.55. The van der Waals surface area contributed by atoms with Gasteiger partial charge in [0.15, 0.2) is 0 Å². The molecule has 2 unspecified atom stereocenters. The Morgan fingerprint density at radius 1 is 0.488 bits per heavy atom. The molecule has 4 radical (unpaired) electrons. The van der Waals surface area contributed by atoms with Crippen LogP contribution in [0.15, 0.2) is 48.5 Å². The first-order valence-electron chi connectivity index (χ1n) is 15.0. The molecule has 0 aliphatic heterocycles. The molecular formula is C32H64GeN2P2Si4. The van der Waals surface area contributed by atoms with E-state index in [9.17, 15) is 0 Å². The second-order valence-corrected chi connectivity index (χ2v) is 43.9. The number of hydrogen-bond donors (Lipinski definition) is 0. The minimum absolute atomic E-state index is 0. The van der Waals surface area contributed by atoms with Crippen molar-refractivity contribution in [3.8, 4) is 0 Å². The number of benzene rings is 2. The molecule has 2 rings (SSSR count). The Balaban J connectivity index is 0.000000762. The number of hydrogen-bond acceptors (Lipinski definition) is 2. The zero-order valence-electron chi connectivity index (χ0n) is 29.6. The van der Waals surface area contributed by atoms with Gasteiger partial charge in [0.2, 0.25) is 0 Å². The Morgan fingerprint density at radius 3 is 0.951 bits per heavy atom. The summed E-state index contributed by atoms with van der Waals surface area (Å²) in [6.07, 6.45) is 0. The Morgan fingerprint density at radius 2 is 0.732 bits per heavy atom. The van der Waals surface area contributed by atoms with E-state index in [-0.39, 0.29) is 17.6 Å². The molecule has 0 heterocycles. The molecule has 0 spiro atoms. The third-order valence-corrected chi connectivity index (χ3v) is 38.7. The minimum Gasteiger partial charge on any atom is -0.305 e. The van der Waals surface area contributed by atoms with Gasteiger partial charge in [0, 0.05) is 63.0 Å². The molecule has 2 atom stereocenters. The first-order chi connectivity index (χ1) is 18.0. The van der Waals surface area contributed by atoms with E-state index in [0.29, 0.717) is 0 Å². The molecular weight excluding hydrogens is 659 g/mol. The van der Waals surface area contributed by atoms with Crippen molar-refractivity contribution < 1.29 is 0 Å². The molecule has 232 valence electrons. The quantitative estimate of drug-likeness (QED) is 0.162. The van der Waals surface area contributed by atoms with Gasteiger partial charge < -0.3 is 9.80 Å². The normalized spacial score (nSPS) is 13.6. The average Bonchev–Trinajstić information content (AvgIpc) is 2.74. The van der Waals surface area contributed by atoms with E-state index < -0.39 is 32.3 Å². The summed E-state index contributed by atoms with van der Waals surface area (Å²) in [6, 6.07) is 18.2. The third kappa shape index (κ3) is 15.5. The predicted octanol–water partition coefficient (Wildman–Crippen LogP) is 7.97.